The summed E-state index contributed by atoms with van der Waals surface area (Å²) in [6, 6.07) is 0.143. The molecular formula is C12H22F3NO. The van der Waals surface area contributed by atoms with Gasteiger partial charge in [0, 0.05) is 25.0 Å². The minimum Gasteiger partial charge on any atom is -0.378 e. The molecule has 102 valence electrons. The van der Waals surface area contributed by atoms with Crippen LogP contribution in [0.1, 0.15) is 39.0 Å². The Kier molecular flexibility index (Phi) is 5.73. The van der Waals surface area contributed by atoms with E-state index in [0.29, 0.717) is 12.3 Å². The Morgan fingerprint density at radius 3 is 2.65 bits per heavy atom. The van der Waals surface area contributed by atoms with Gasteiger partial charge in [-0.25, -0.2) is 0 Å². The summed E-state index contributed by atoms with van der Waals surface area (Å²) < 4.78 is 41.8. The van der Waals surface area contributed by atoms with E-state index in [2.05, 4.69) is 12.2 Å². The van der Waals surface area contributed by atoms with Gasteiger partial charge >= 0.3 is 6.18 Å². The molecule has 1 N–H and O–H groups in total. The SMILES string of the molecule is CCC1OCCC1C(CCCC(F)(F)F)NC. The zero-order valence-electron chi connectivity index (χ0n) is 10.5. The van der Waals surface area contributed by atoms with Gasteiger partial charge in [-0.1, -0.05) is 6.92 Å². The first-order chi connectivity index (χ1) is 7.98. The van der Waals surface area contributed by atoms with E-state index < -0.39 is 12.6 Å². The highest BCUT2D eigenvalue weighted by atomic mass is 19.4. The average Bonchev–Trinajstić information content (AvgIpc) is 2.70. The van der Waals surface area contributed by atoms with Crippen molar-refractivity contribution in [3.8, 4) is 0 Å². The van der Waals surface area contributed by atoms with E-state index in [0.717, 1.165) is 19.4 Å². The van der Waals surface area contributed by atoms with Gasteiger partial charge in [-0.05, 0) is 32.7 Å². The van der Waals surface area contributed by atoms with Gasteiger partial charge in [0.25, 0.3) is 0 Å². The quantitative estimate of drug-likeness (QED) is 0.785. The highest BCUT2D eigenvalue weighted by Crippen LogP contribution is 2.30. The molecule has 0 aromatic carbocycles. The Bertz CT molecular complexity index is 220. The molecule has 5 heteroatoms. The largest absolute Gasteiger partial charge is 0.389 e. The molecule has 0 aromatic heterocycles. The molecule has 3 unspecified atom stereocenters. The molecule has 1 saturated heterocycles. The van der Waals surface area contributed by atoms with Gasteiger partial charge < -0.3 is 10.1 Å². The monoisotopic (exact) mass is 253 g/mol. The van der Waals surface area contributed by atoms with Crippen molar-refractivity contribution in [2.75, 3.05) is 13.7 Å². The van der Waals surface area contributed by atoms with Crippen molar-refractivity contribution in [1.29, 1.82) is 0 Å². The molecule has 0 saturated carbocycles. The van der Waals surface area contributed by atoms with E-state index in [-0.39, 0.29) is 18.6 Å². The fraction of sp³-hybridized carbons (Fsp3) is 1.00. The van der Waals surface area contributed by atoms with E-state index in [1.54, 1.807) is 0 Å². The first-order valence-corrected chi connectivity index (χ1v) is 6.33. The first kappa shape index (κ1) is 14.8. The highest BCUT2D eigenvalue weighted by Gasteiger charge is 2.33. The number of rotatable bonds is 6. The summed E-state index contributed by atoms with van der Waals surface area (Å²) in [7, 11) is 1.82. The summed E-state index contributed by atoms with van der Waals surface area (Å²) in [5.74, 6) is 0.359. The smallest absolute Gasteiger partial charge is 0.378 e. The second-order valence-corrected chi connectivity index (χ2v) is 4.67. The lowest BCUT2D eigenvalue weighted by Gasteiger charge is -2.27. The normalized spacial score (nSPS) is 27.4. The molecule has 1 rings (SSSR count). The number of halogens is 3. The number of hydrogen-bond donors (Lipinski definition) is 1. The van der Waals surface area contributed by atoms with Crippen LogP contribution in [-0.4, -0.2) is 32.0 Å². The minimum absolute atomic E-state index is 0.143. The Labute approximate surface area is 101 Å². The van der Waals surface area contributed by atoms with Crippen molar-refractivity contribution >= 4 is 0 Å². The molecule has 1 aliphatic rings. The Morgan fingerprint density at radius 1 is 1.41 bits per heavy atom. The fourth-order valence-electron chi connectivity index (χ4n) is 2.64. The van der Waals surface area contributed by atoms with Gasteiger partial charge in [-0.2, -0.15) is 13.2 Å². The number of nitrogens with one attached hydrogen (secondary N) is 1. The Hall–Kier alpha value is -0.290. The van der Waals surface area contributed by atoms with Gasteiger partial charge in [0.2, 0.25) is 0 Å². The summed E-state index contributed by atoms with van der Waals surface area (Å²) in [5, 5.41) is 3.15. The highest BCUT2D eigenvalue weighted by molar-refractivity contribution is 4.85. The Balaban J connectivity index is 2.37. The number of hydrogen-bond acceptors (Lipinski definition) is 2. The number of ether oxygens (including phenoxy) is 1. The second kappa shape index (κ2) is 6.59. The van der Waals surface area contributed by atoms with Crippen LogP contribution in [0.25, 0.3) is 0 Å². The van der Waals surface area contributed by atoms with E-state index in [9.17, 15) is 13.2 Å². The maximum Gasteiger partial charge on any atom is 0.389 e. The van der Waals surface area contributed by atoms with Crippen molar-refractivity contribution in [2.45, 2.75) is 57.3 Å². The summed E-state index contributed by atoms with van der Waals surface area (Å²) >= 11 is 0. The maximum absolute atomic E-state index is 12.1. The van der Waals surface area contributed by atoms with Crippen molar-refractivity contribution in [3.63, 3.8) is 0 Å². The predicted octanol–water partition coefficient (Wildman–Crippen LogP) is 3.12. The summed E-state index contributed by atoms with van der Waals surface area (Å²) in [6.07, 6.45) is -1.86. The third-order valence-electron chi connectivity index (χ3n) is 3.53. The minimum atomic E-state index is -4.03. The molecule has 0 bridgehead atoms. The number of alkyl halides is 3. The zero-order valence-corrected chi connectivity index (χ0v) is 10.5. The van der Waals surface area contributed by atoms with Crippen molar-refractivity contribution in [3.05, 3.63) is 0 Å². The molecule has 1 aliphatic heterocycles. The lowest BCUT2D eigenvalue weighted by Crippen LogP contribution is -2.38. The zero-order chi connectivity index (χ0) is 12.9. The van der Waals surface area contributed by atoms with Gasteiger partial charge in [0.15, 0.2) is 0 Å². The van der Waals surface area contributed by atoms with Crippen LogP contribution in [0.15, 0.2) is 0 Å². The van der Waals surface area contributed by atoms with Crippen LogP contribution < -0.4 is 5.32 Å². The molecule has 1 heterocycles. The van der Waals surface area contributed by atoms with Crippen LogP contribution in [0.2, 0.25) is 0 Å². The molecule has 1 fully saturated rings. The van der Waals surface area contributed by atoms with E-state index >= 15 is 0 Å². The van der Waals surface area contributed by atoms with Crippen molar-refractivity contribution < 1.29 is 17.9 Å². The third-order valence-corrected chi connectivity index (χ3v) is 3.53. The van der Waals surface area contributed by atoms with Gasteiger partial charge in [0.05, 0.1) is 6.10 Å². The summed E-state index contributed by atoms with van der Waals surface area (Å²) in [4.78, 5) is 0. The van der Waals surface area contributed by atoms with Gasteiger partial charge in [0.1, 0.15) is 0 Å². The third kappa shape index (κ3) is 4.84. The average molecular weight is 253 g/mol. The van der Waals surface area contributed by atoms with Crippen LogP contribution in [0.5, 0.6) is 0 Å². The molecule has 2 nitrogen and oxygen atoms in total. The van der Waals surface area contributed by atoms with Crippen LogP contribution in [0.3, 0.4) is 0 Å². The lowest BCUT2D eigenvalue weighted by molar-refractivity contribution is -0.136. The first-order valence-electron chi connectivity index (χ1n) is 6.33. The summed E-state index contributed by atoms with van der Waals surface area (Å²) in [6.45, 7) is 2.80. The fourth-order valence-corrected chi connectivity index (χ4v) is 2.64. The van der Waals surface area contributed by atoms with E-state index in [1.807, 2.05) is 7.05 Å². The second-order valence-electron chi connectivity index (χ2n) is 4.67. The maximum atomic E-state index is 12.1. The molecule has 0 aromatic rings. The van der Waals surface area contributed by atoms with Gasteiger partial charge in [-0.3, -0.25) is 0 Å². The topological polar surface area (TPSA) is 21.3 Å². The lowest BCUT2D eigenvalue weighted by atomic mass is 9.88. The van der Waals surface area contributed by atoms with Crippen LogP contribution >= 0.6 is 0 Å². The molecule has 0 aliphatic carbocycles. The Morgan fingerprint density at radius 2 is 2.12 bits per heavy atom. The van der Waals surface area contributed by atoms with E-state index in [1.165, 1.54) is 0 Å². The summed E-state index contributed by atoms with van der Waals surface area (Å²) in [5.41, 5.74) is 0. The van der Waals surface area contributed by atoms with Crippen LogP contribution in [0, 0.1) is 5.92 Å². The molecule has 0 amide bonds. The molecule has 0 spiro atoms. The molecule has 0 radical (unpaired) electrons. The molecular weight excluding hydrogens is 231 g/mol. The van der Waals surface area contributed by atoms with Crippen LogP contribution in [0.4, 0.5) is 13.2 Å². The molecule has 17 heavy (non-hydrogen) atoms. The standard InChI is InChI=1S/C12H22F3NO/c1-3-11-9(6-8-17-11)10(16-2)5-4-7-12(13,14)15/h9-11,16H,3-8H2,1-2H3. The van der Waals surface area contributed by atoms with Crippen molar-refractivity contribution in [2.24, 2.45) is 5.92 Å². The predicted molar refractivity (Wildman–Crippen MR) is 60.9 cm³/mol. The molecule has 3 atom stereocenters. The van der Waals surface area contributed by atoms with Crippen molar-refractivity contribution in [1.82, 2.24) is 5.32 Å². The van der Waals surface area contributed by atoms with Gasteiger partial charge in [-0.15, -0.1) is 0 Å². The van der Waals surface area contributed by atoms with Crippen LogP contribution in [-0.2, 0) is 4.74 Å². The van der Waals surface area contributed by atoms with E-state index in [4.69, 9.17) is 4.74 Å².